The van der Waals surface area contributed by atoms with Crippen molar-refractivity contribution in [1.29, 1.82) is 0 Å². The SMILES string of the molecule is O=C(O)c1cccc2cnn(CC3CCOCC3)c12. The molecule has 5 heteroatoms. The molecule has 1 aromatic carbocycles. The highest BCUT2D eigenvalue weighted by Gasteiger charge is 2.18. The first-order chi connectivity index (χ1) is 9.25. The molecule has 0 spiro atoms. The zero-order valence-electron chi connectivity index (χ0n) is 10.6. The summed E-state index contributed by atoms with van der Waals surface area (Å²) in [5, 5.41) is 14.5. The van der Waals surface area contributed by atoms with Crippen LogP contribution in [0.15, 0.2) is 24.4 Å². The standard InChI is InChI=1S/C14H16N2O3/c17-14(18)12-3-1-2-11-8-15-16(13(11)12)9-10-4-6-19-7-5-10/h1-3,8,10H,4-7,9H2,(H,17,18). The molecule has 2 aromatic rings. The van der Waals surface area contributed by atoms with Crippen LogP contribution in [-0.4, -0.2) is 34.1 Å². The van der Waals surface area contributed by atoms with Crippen molar-refractivity contribution in [3.8, 4) is 0 Å². The Morgan fingerprint density at radius 3 is 2.95 bits per heavy atom. The largest absolute Gasteiger partial charge is 0.478 e. The monoisotopic (exact) mass is 260 g/mol. The zero-order valence-corrected chi connectivity index (χ0v) is 10.6. The minimum atomic E-state index is -0.903. The minimum Gasteiger partial charge on any atom is -0.478 e. The lowest BCUT2D eigenvalue weighted by atomic mass is 10.0. The molecule has 0 radical (unpaired) electrons. The van der Waals surface area contributed by atoms with Gasteiger partial charge in [0.15, 0.2) is 0 Å². The Bertz CT molecular complexity index is 600. The van der Waals surface area contributed by atoms with Gasteiger partial charge in [-0.1, -0.05) is 12.1 Å². The third-order valence-electron chi connectivity index (χ3n) is 3.66. The van der Waals surface area contributed by atoms with E-state index in [1.807, 2.05) is 10.7 Å². The Morgan fingerprint density at radius 2 is 2.21 bits per heavy atom. The normalized spacial score (nSPS) is 16.8. The number of carboxylic acids is 1. The number of hydrogen-bond acceptors (Lipinski definition) is 3. The van der Waals surface area contributed by atoms with Gasteiger partial charge in [0, 0.05) is 25.1 Å². The number of aromatic carboxylic acids is 1. The number of hydrogen-bond donors (Lipinski definition) is 1. The van der Waals surface area contributed by atoms with E-state index in [0.717, 1.165) is 43.5 Å². The van der Waals surface area contributed by atoms with Crippen molar-refractivity contribution in [2.75, 3.05) is 13.2 Å². The van der Waals surface area contributed by atoms with Gasteiger partial charge in [-0.2, -0.15) is 5.10 Å². The molecule has 0 atom stereocenters. The van der Waals surface area contributed by atoms with E-state index >= 15 is 0 Å². The van der Waals surface area contributed by atoms with E-state index in [-0.39, 0.29) is 0 Å². The van der Waals surface area contributed by atoms with Crippen molar-refractivity contribution in [2.45, 2.75) is 19.4 Å². The number of ether oxygens (including phenoxy) is 1. The third-order valence-corrected chi connectivity index (χ3v) is 3.66. The number of carbonyl (C=O) groups is 1. The van der Waals surface area contributed by atoms with Crippen molar-refractivity contribution in [1.82, 2.24) is 9.78 Å². The van der Waals surface area contributed by atoms with Crippen molar-refractivity contribution >= 4 is 16.9 Å². The van der Waals surface area contributed by atoms with Crippen LogP contribution in [0.5, 0.6) is 0 Å². The van der Waals surface area contributed by atoms with Crippen LogP contribution < -0.4 is 0 Å². The second-order valence-corrected chi connectivity index (χ2v) is 4.93. The average Bonchev–Trinajstić information content (AvgIpc) is 2.83. The van der Waals surface area contributed by atoms with Crippen molar-refractivity contribution in [2.24, 2.45) is 5.92 Å². The molecule has 1 fully saturated rings. The number of aromatic nitrogens is 2. The first kappa shape index (κ1) is 12.2. The van der Waals surface area contributed by atoms with Crippen LogP contribution in [0.1, 0.15) is 23.2 Å². The van der Waals surface area contributed by atoms with Crippen LogP contribution in [0.3, 0.4) is 0 Å². The minimum absolute atomic E-state index is 0.321. The summed E-state index contributed by atoms with van der Waals surface area (Å²) < 4.78 is 7.17. The van der Waals surface area contributed by atoms with E-state index in [0.29, 0.717) is 11.5 Å². The van der Waals surface area contributed by atoms with Gasteiger partial charge in [-0.3, -0.25) is 4.68 Å². The quantitative estimate of drug-likeness (QED) is 0.918. The second-order valence-electron chi connectivity index (χ2n) is 4.93. The van der Waals surface area contributed by atoms with Crippen LogP contribution in [0.25, 0.3) is 10.9 Å². The molecule has 1 aliphatic rings. The second kappa shape index (κ2) is 5.01. The first-order valence-electron chi connectivity index (χ1n) is 6.51. The maximum Gasteiger partial charge on any atom is 0.337 e. The Hall–Kier alpha value is -1.88. The fourth-order valence-corrected chi connectivity index (χ4v) is 2.63. The fraction of sp³-hybridized carbons (Fsp3) is 0.429. The molecule has 19 heavy (non-hydrogen) atoms. The lowest BCUT2D eigenvalue weighted by molar-refractivity contribution is 0.0603. The highest BCUT2D eigenvalue weighted by Crippen LogP contribution is 2.22. The molecule has 100 valence electrons. The number of rotatable bonds is 3. The van der Waals surface area contributed by atoms with Crippen LogP contribution >= 0.6 is 0 Å². The van der Waals surface area contributed by atoms with E-state index in [9.17, 15) is 9.90 Å². The predicted octanol–water partition coefficient (Wildman–Crippen LogP) is 2.16. The summed E-state index contributed by atoms with van der Waals surface area (Å²) in [6.07, 6.45) is 3.76. The first-order valence-corrected chi connectivity index (χ1v) is 6.51. The lowest BCUT2D eigenvalue weighted by Crippen LogP contribution is -2.21. The molecular formula is C14H16N2O3. The molecule has 0 bridgehead atoms. The highest BCUT2D eigenvalue weighted by molar-refractivity contribution is 6.01. The number of carboxylic acid groups (broad SMARTS) is 1. The molecule has 3 rings (SSSR count). The summed E-state index contributed by atoms with van der Waals surface area (Å²) >= 11 is 0. The Morgan fingerprint density at radius 1 is 1.42 bits per heavy atom. The van der Waals surface area contributed by atoms with Gasteiger partial charge in [0.05, 0.1) is 17.3 Å². The number of fused-ring (bicyclic) bond motifs is 1. The summed E-state index contributed by atoms with van der Waals surface area (Å²) in [5.74, 6) is -0.391. The van der Waals surface area contributed by atoms with Gasteiger partial charge >= 0.3 is 5.97 Å². The van der Waals surface area contributed by atoms with Crippen LogP contribution in [0.2, 0.25) is 0 Å². The lowest BCUT2D eigenvalue weighted by Gasteiger charge is -2.22. The van der Waals surface area contributed by atoms with Crippen LogP contribution in [0, 0.1) is 5.92 Å². The topological polar surface area (TPSA) is 64.3 Å². The molecule has 0 aliphatic carbocycles. The summed E-state index contributed by atoms with van der Waals surface area (Å²) in [6, 6.07) is 5.29. The Balaban J connectivity index is 1.96. The van der Waals surface area contributed by atoms with Gasteiger partial charge < -0.3 is 9.84 Å². The zero-order chi connectivity index (χ0) is 13.2. The molecule has 2 heterocycles. The fourth-order valence-electron chi connectivity index (χ4n) is 2.63. The van der Waals surface area contributed by atoms with E-state index in [1.165, 1.54) is 0 Å². The maximum atomic E-state index is 11.3. The van der Waals surface area contributed by atoms with Crippen molar-refractivity contribution in [3.63, 3.8) is 0 Å². The number of benzene rings is 1. The molecule has 0 saturated carbocycles. The molecular weight excluding hydrogens is 244 g/mol. The smallest absolute Gasteiger partial charge is 0.337 e. The predicted molar refractivity (Wildman–Crippen MR) is 70.2 cm³/mol. The van der Waals surface area contributed by atoms with Gasteiger partial charge in [-0.15, -0.1) is 0 Å². The van der Waals surface area contributed by atoms with Gasteiger partial charge in [-0.05, 0) is 24.8 Å². The maximum absolute atomic E-state index is 11.3. The molecule has 1 aliphatic heterocycles. The van der Waals surface area contributed by atoms with Crippen LogP contribution in [0.4, 0.5) is 0 Å². The average molecular weight is 260 g/mol. The summed E-state index contributed by atoms with van der Waals surface area (Å²) in [6.45, 7) is 2.34. The summed E-state index contributed by atoms with van der Waals surface area (Å²) in [5.41, 5.74) is 1.04. The van der Waals surface area contributed by atoms with E-state index < -0.39 is 5.97 Å². The third kappa shape index (κ3) is 2.33. The van der Waals surface area contributed by atoms with Crippen molar-refractivity contribution < 1.29 is 14.6 Å². The van der Waals surface area contributed by atoms with E-state index in [2.05, 4.69) is 5.10 Å². The van der Waals surface area contributed by atoms with Gasteiger partial charge in [0.2, 0.25) is 0 Å². The molecule has 1 saturated heterocycles. The van der Waals surface area contributed by atoms with Crippen LogP contribution in [-0.2, 0) is 11.3 Å². The number of para-hydroxylation sites is 1. The Kier molecular flexibility index (Phi) is 3.21. The van der Waals surface area contributed by atoms with Gasteiger partial charge in [-0.25, -0.2) is 4.79 Å². The van der Waals surface area contributed by atoms with E-state index in [1.54, 1.807) is 18.3 Å². The summed E-state index contributed by atoms with van der Waals surface area (Å²) in [7, 11) is 0. The summed E-state index contributed by atoms with van der Waals surface area (Å²) in [4.78, 5) is 11.3. The van der Waals surface area contributed by atoms with Crippen molar-refractivity contribution in [3.05, 3.63) is 30.0 Å². The highest BCUT2D eigenvalue weighted by atomic mass is 16.5. The van der Waals surface area contributed by atoms with Gasteiger partial charge in [0.25, 0.3) is 0 Å². The number of nitrogens with zero attached hydrogens (tertiary/aromatic N) is 2. The molecule has 1 N–H and O–H groups in total. The molecule has 0 unspecified atom stereocenters. The molecule has 5 nitrogen and oxygen atoms in total. The molecule has 1 aromatic heterocycles. The van der Waals surface area contributed by atoms with E-state index in [4.69, 9.17) is 4.74 Å². The van der Waals surface area contributed by atoms with Gasteiger partial charge in [0.1, 0.15) is 0 Å². The Labute approximate surface area is 110 Å². The molecule has 0 amide bonds.